The van der Waals surface area contributed by atoms with Gasteiger partial charge in [-0.3, -0.25) is 0 Å². The summed E-state index contributed by atoms with van der Waals surface area (Å²) in [6.45, 7) is 4.05. The Morgan fingerprint density at radius 2 is 1.54 bits per heavy atom. The van der Waals surface area contributed by atoms with Crippen molar-refractivity contribution in [3.63, 3.8) is 0 Å². The fraction of sp³-hybridized carbons (Fsp3) is 0.200. The first-order chi connectivity index (χ1) is 13.4. The van der Waals surface area contributed by atoms with Crippen molar-refractivity contribution in [3.05, 3.63) is 66.0 Å². The number of aryl methyl sites for hydroxylation is 1. The third-order valence-electron chi connectivity index (χ3n) is 4.26. The number of benzene rings is 2. The topological polar surface area (TPSA) is 96.0 Å². The van der Waals surface area contributed by atoms with Crippen LogP contribution in [0.2, 0.25) is 0 Å². The Balaban J connectivity index is 1.92. The van der Waals surface area contributed by atoms with Gasteiger partial charge in [-0.1, -0.05) is 25.1 Å². The minimum Gasteiger partial charge on any atom is -0.340 e. The van der Waals surface area contributed by atoms with Crippen LogP contribution < -0.4 is 15.4 Å². The molecule has 1 heterocycles. The van der Waals surface area contributed by atoms with E-state index in [0.717, 1.165) is 16.8 Å². The molecule has 0 radical (unpaired) electrons. The zero-order chi connectivity index (χ0) is 20.1. The average molecular weight is 398 g/mol. The first-order valence-electron chi connectivity index (χ1n) is 8.91. The van der Waals surface area contributed by atoms with E-state index in [0.29, 0.717) is 23.7 Å². The summed E-state index contributed by atoms with van der Waals surface area (Å²) in [5.41, 5.74) is 3.64. The van der Waals surface area contributed by atoms with Gasteiger partial charge in [0, 0.05) is 16.9 Å². The number of nitrogens with one attached hydrogen (secondary N) is 3. The van der Waals surface area contributed by atoms with Crippen LogP contribution in [0.1, 0.15) is 18.1 Å². The number of rotatable bonds is 7. The number of anilines is 4. The maximum absolute atomic E-state index is 12.0. The average Bonchev–Trinajstić information content (AvgIpc) is 2.68. The van der Waals surface area contributed by atoms with Crippen LogP contribution in [0.3, 0.4) is 0 Å². The third-order valence-corrected chi connectivity index (χ3v) is 5.67. The molecule has 0 atom stereocenters. The molecule has 0 saturated carbocycles. The van der Waals surface area contributed by atoms with Crippen LogP contribution in [0, 0.1) is 6.92 Å². The van der Waals surface area contributed by atoms with E-state index < -0.39 is 10.0 Å². The van der Waals surface area contributed by atoms with Crippen molar-refractivity contribution in [2.75, 3.05) is 17.7 Å². The van der Waals surface area contributed by atoms with E-state index in [4.69, 9.17) is 0 Å². The molecule has 3 N–H and O–H groups in total. The molecule has 0 bridgehead atoms. The standard InChI is InChI=1S/C20H23N5O2S/c1-4-18-19(24-15-8-5-7-14(2)11-15)22-13-23-20(18)25-16-9-6-10-17(12-16)28(26,27)21-3/h5-13,21H,4H2,1-3H3,(H2,22,23,24,25). The zero-order valence-electron chi connectivity index (χ0n) is 16.0. The molecule has 0 saturated heterocycles. The van der Waals surface area contributed by atoms with Crippen LogP contribution >= 0.6 is 0 Å². The number of hydrogen-bond donors (Lipinski definition) is 3. The second-order valence-corrected chi connectivity index (χ2v) is 8.14. The van der Waals surface area contributed by atoms with Crippen molar-refractivity contribution < 1.29 is 8.42 Å². The van der Waals surface area contributed by atoms with E-state index in [1.54, 1.807) is 24.3 Å². The SMILES string of the molecule is CCc1c(Nc2cccc(C)c2)ncnc1Nc1cccc(S(=O)(=O)NC)c1. The Labute approximate surface area is 165 Å². The predicted octanol–water partition coefficient (Wildman–Crippen LogP) is 3.74. The smallest absolute Gasteiger partial charge is 0.240 e. The highest BCUT2D eigenvalue weighted by Gasteiger charge is 2.14. The molecule has 0 aliphatic rings. The predicted molar refractivity (Wildman–Crippen MR) is 112 cm³/mol. The van der Waals surface area contributed by atoms with Crippen LogP contribution in [0.15, 0.2) is 59.8 Å². The Hall–Kier alpha value is -2.97. The highest BCUT2D eigenvalue weighted by atomic mass is 32.2. The van der Waals surface area contributed by atoms with Crippen molar-refractivity contribution in [3.8, 4) is 0 Å². The summed E-state index contributed by atoms with van der Waals surface area (Å²) >= 11 is 0. The Bertz CT molecular complexity index is 1080. The highest BCUT2D eigenvalue weighted by Crippen LogP contribution is 2.27. The molecule has 8 heteroatoms. The largest absolute Gasteiger partial charge is 0.340 e. The van der Waals surface area contributed by atoms with Gasteiger partial charge in [-0.05, 0) is 56.3 Å². The van der Waals surface area contributed by atoms with Gasteiger partial charge >= 0.3 is 0 Å². The lowest BCUT2D eigenvalue weighted by Gasteiger charge is -2.15. The van der Waals surface area contributed by atoms with Crippen LogP contribution in [0.5, 0.6) is 0 Å². The van der Waals surface area contributed by atoms with E-state index in [2.05, 4.69) is 25.3 Å². The fourth-order valence-corrected chi connectivity index (χ4v) is 3.59. The van der Waals surface area contributed by atoms with Gasteiger partial charge < -0.3 is 10.6 Å². The molecule has 0 unspecified atom stereocenters. The van der Waals surface area contributed by atoms with E-state index in [9.17, 15) is 8.42 Å². The summed E-state index contributed by atoms with van der Waals surface area (Å²) in [5, 5.41) is 6.55. The molecule has 146 valence electrons. The summed E-state index contributed by atoms with van der Waals surface area (Å²) in [6, 6.07) is 14.6. The van der Waals surface area contributed by atoms with E-state index in [1.165, 1.54) is 13.4 Å². The van der Waals surface area contributed by atoms with Crippen LogP contribution in [0.25, 0.3) is 0 Å². The lowest BCUT2D eigenvalue weighted by molar-refractivity contribution is 0.588. The monoisotopic (exact) mass is 397 g/mol. The van der Waals surface area contributed by atoms with E-state index in [-0.39, 0.29) is 4.90 Å². The molecular weight excluding hydrogens is 374 g/mol. The molecule has 2 aromatic carbocycles. The van der Waals surface area contributed by atoms with Gasteiger partial charge in [0.25, 0.3) is 0 Å². The Morgan fingerprint density at radius 3 is 2.11 bits per heavy atom. The molecule has 3 rings (SSSR count). The molecule has 3 aromatic rings. The van der Waals surface area contributed by atoms with Gasteiger partial charge in [0.1, 0.15) is 18.0 Å². The van der Waals surface area contributed by atoms with Gasteiger partial charge in [0.15, 0.2) is 0 Å². The minimum atomic E-state index is -3.52. The van der Waals surface area contributed by atoms with E-state index >= 15 is 0 Å². The van der Waals surface area contributed by atoms with Gasteiger partial charge in [-0.25, -0.2) is 23.1 Å². The minimum absolute atomic E-state index is 0.185. The van der Waals surface area contributed by atoms with Crippen molar-refractivity contribution in [2.45, 2.75) is 25.2 Å². The van der Waals surface area contributed by atoms with Gasteiger partial charge in [-0.2, -0.15) is 0 Å². The van der Waals surface area contributed by atoms with Gasteiger partial charge in [-0.15, -0.1) is 0 Å². The molecule has 0 fully saturated rings. The lowest BCUT2D eigenvalue weighted by Crippen LogP contribution is -2.18. The Kier molecular flexibility index (Phi) is 5.91. The van der Waals surface area contributed by atoms with Gasteiger partial charge in [0.2, 0.25) is 10.0 Å². The van der Waals surface area contributed by atoms with Gasteiger partial charge in [0.05, 0.1) is 4.90 Å². The summed E-state index contributed by atoms with van der Waals surface area (Å²) in [6.07, 6.45) is 2.18. The third kappa shape index (κ3) is 4.47. The summed E-state index contributed by atoms with van der Waals surface area (Å²) < 4.78 is 26.4. The van der Waals surface area contributed by atoms with E-state index in [1.807, 2.05) is 38.1 Å². The first kappa shape index (κ1) is 19.8. The van der Waals surface area contributed by atoms with Crippen LogP contribution in [-0.2, 0) is 16.4 Å². The molecular formula is C20H23N5O2S. The zero-order valence-corrected chi connectivity index (χ0v) is 16.8. The summed E-state index contributed by atoms with van der Waals surface area (Å²) in [5.74, 6) is 1.34. The molecule has 0 amide bonds. The fourth-order valence-electron chi connectivity index (χ4n) is 2.82. The molecule has 0 spiro atoms. The molecule has 0 aliphatic carbocycles. The highest BCUT2D eigenvalue weighted by molar-refractivity contribution is 7.89. The molecule has 0 aliphatic heterocycles. The van der Waals surface area contributed by atoms with Crippen LogP contribution in [0.4, 0.5) is 23.0 Å². The molecule has 7 nitrogen and oxygen atoms in total. The normalized spacial score (nSPS) is 11.2. The first-order valence-corrected chi connectivity index (χ1v) is 10.4. The second-order valence-electron chi connectivity index (χ2n) is 6.26. The van der Waals surface area contributed by atoms with Crippen molar-refractivity contribution in [1.82, 2.24) is 14.7 Å². The molecule has 1 aromatic heterocycles. The quantitative estimate of drug-likeness (QED) is 0.562. The van der Waals surface area contributed by atoms with Crippen molar-refractivity contribution >= 4 is 33.0 Å². The second kappa shape index (κ2) is 8.37. The lowest BCUT2D eigenvalue weighted by atomic mass is 10.2. The maximum Gasteiger partial charge on any atom is 0.240 e. The maximum atomic E-state index is 12.0. The Morgan fingerprint density at radius 1 is 0.929 bits per heavy atom. The number of sulfonamides is 1. The summed E-state index contributed by atoms with van der Waals surface area (Å²) in [7, 11) is -2.13. The summed E-state index contributed by atoms with van der Waals surface area (Å²) in [4.78, 5) is 8.91. The van der Waals surface area contributed by atoms with Crippen LogP contribution in [-0.4, -0.2) is 25.4 Å². The number of nitrogens with zero attached hydrogens (tertiary/aromatic N) is 2. The van der Waals surface area contributed by atoms with Crippen molar-refractivity contribution in [2.24, 2.45) is 0 Å². The van der Waals surface area contributed by atoms with Crippen molar-refractivity contribution in [1.29, 1.82) is 0 Å². The number of hydrogen-bond acceptors (Lipinski definition) is 6. The number of aromatic nitrogens is 2. The molecule has 28 heavy (non-hydrogen) atoms.